The molecule has 1 aromatic rings. The number of nitrogens with one attached hydrogen (secondary N) is 1. The van der Waals surface area contributed by atoms with Crippen LogP contribution in [-0.2, 0) is 14.6 Å². The lowest BCUT2D eigenvalue weighted by Gasteiger charge is -2.11. The van der Waals surface area contributed by atoms with Gasteiger partial charge in [0.15, 0.2) is 0 Å². The third-order valence-electron chi connectivity index (χ3n) is 2.66. The molecule has 0 spiro atoms. The van der Waals surface area contributed by atoms with Crippen LogP contribution in [0.15, 0.2) is 18.2 Å². The van der Waals surface area contributed by atoms with Crippen molar-refractivity contribution < 1.29 is 13.2 Å². The average Bonchev–Trinajstić information content (AvgIpc) is 2.22. The number of anilines is 1. The molecule has 0 aliphatic rings. The molecule has 100 valence electrons. The fraction of sp³-hybridized carbons (Fsp3) is 0.462. The fourth-order valence-corrected chi connectivity index (χ4v) is 2.38. The summed E-state index contributed by atoms with van der Waals surface area (Å²) in [7, 11) is -2.99. The van der Waals surface area contributed by atoms with Crippen LogP contribution in [0, 0.1) is 13.8 Å². The van der Waals surface area contributed by atoms with Crippen LogP contribution in [0.4, 0.5) is 5.69 Å². The topological polar surface area (TPSA) is 63.2 Å². The fourth-order valence-electron chi connectivity index (χ4n) is 1.71. The molecule has 1 amide bonds. The number of rotatable bonds is 5. The highest BCUT2D eigenvalue weighted by molar-refractivity contribution is 7.90. The number of hydrogen-bond donors (Lipinski definition) is 1. The molecule has 1 N–H and O–H groups in total. The zero-order valence-electron chi connectivity index (χ0n) is 11.0. The molecule has 0 heterocycles. The van der Waals surface area contributed by atoms with Gasteiger partial charge in [-0.05, 0) is 31.4 Å². The maximum Gasteiger partial charge on any atom is 0.224 e. The summed E-state index contributed by atoms with van der Waals surface area (Å²) in [6, 6.07) is 5.79. The van der Waals surface area contributed by atoms with Crippen LogP contribution in [0.2, 0.25) is 0 Å². The molecule has 0 aliphatic heterocycles. The van der Waals surface area contributed by atoms with E-state index in [-0.39, 0.29) is 18.1 Å². The minimum absolute atomic E-state index is 0.0488. The first-order valence-corrected chi connectivity index (χ1v) is 7.89. The monoisotopic (exact) mass is 269 g/mol. The number of carbonyl (C=O) groups excluding carboxylic acids is 1. The Morgan fingerprint density at radius 2 is 1.78 bits per heavy atom. The van der Waals surface area contributed by atoms with Gasteiger partial charge in [-0.15, -0.1) is 0 Å². The summed E-state index contributed by atoms with van der Waals surface area (Å²) in [6.45, 7) is 3.86. The first-order chi connectivity index (χ1) is 8.29. The molecule has 0 aliphatic carbocycles. The smallest absolute Gasteiger partial charge is 0.224 e. The van der Waals surface area contributed by atoms with Gasteiger partial charge >= 0.3 is 0 Å². The number of para-hydroxylation sites is 1. The van der Waals surface area contributed by atoms with Gasteiger partial charge in [0, 0.05) is 18.4 Å². The quantitative estimate of drug-likeness (QED) is 0.890. The Balaban J connectivity index is 2.55. The van der Waals surface area contributed by atoms with E-state index in [0.717, 1.165) is 16.8 Å². The SMILES string of the molecule is Cc1cccc(C)c1NC(=O)CCCS(C)(=O)=O. The van der Waals surface area contributed by atoms with Crippen LogP contribution in [0.1, 0.15) is 24.0 Å². The van der Waals surface area contributed by atoms with E-state index in [0.29, 0.717) is 6.42 Å². The van der Waals surface area contributed by atoms with E-state index >= 15 is 0 Å². The third-order valence-corrected chi connectivity index (χ3v) is 3.69. The predicted molar refractivity (Wildman–Crippen MR) is 73.5 cm³/mol. The summed E-state index contributed by atoms with van der Waals surface area (Å²) in [5.41, 5.74) is 2.83. The summed E-state index contributed by atoms with van der Waals surface area (Å²) in [5, 5.41) is 2.83. The van der Waals surface area contributed by atoms with Gasteiger partial charge in [0.2, 0.25) is 5.91 Å². The zero-order valence-corrected chi connectivity index (χ0v) is 11.8. The summed E-state index contributed by atoms with van der Waals surface area (Å²) in [6.07, 6.45) is 1.76. The Morgan fingerprint density at radius 3 is 2.28 bits per heavy atom. The molecular weight excluding hydrogens is 250 g/mol. The van der Waals surface area contributed by atoms with E-state index in [2.05, 4.69) is 5.32 Å². The van der Waals surface area contributed by atoms with Crippen molar-refractivity contribution in [2.45, 2.75) is 26.7 Å². The Kier molecular flexibility index (Phi) is 4.90. The van der Waals surface area contributed by atoms with Crippen molar-refractivity contribution in [1.82, 2.24) is 0 Å². The molecule has 0 saturated heterocycles. The van der Waals surface area contributed by atoms with Crippen LogP contribution in [0.25, 0.3) is 0 Å². The number of amides is 1. The minimum Gasteiger partial charge on any atom is -0.326 e. The molecule has 5 heteroatoms. The standard InChI is InChI=1S/C13H19NO3S/c1-10-6-4-7-11(2)13(10)14-12(15)8-5-9-18(3,16)17/h4,6-7H,5,8-9H2,1-3H3,(H,14,15). The van der Waals surface area contributed by atoms with Gasteiger partial charge in [-0.1, -0.05) is 18.2 Å². The van der Waals surface area contributed by atoms with Gasteiger partial charge in [0.05, 0.1) is 5.75 Å². The van der Waals surface area contributed by atoms with Crippen LogP contribution < -0.4 is 5.32 Å². The second-order valence-electron chi connectivity index (χ2n) is 4.55. The maximum absolute atomic E-state index is 11.7. The average molecular weight is 269 g/mol. The lowest BCUT2D eigenvalue weighted by Crippen LogP contribution is -2.15. The van der Waals surface area contributed by atoms with Gasteiger partial charge in [-0.3, -0.25) is 4.79 Å². The van der Waals surface area contributed by atoms with Crippen molar-refractivity contribution in [3.8, 4) is 0 Å². The lowest BCUT2D eigenvalue weighted by molar-refractivity contribution is -0.116. The molecular formula is C13H19NO3S. The lowest BCUT2D eigenvalue weighted by atomic mass is 10.1. The van der Waals surface area contributed by atoms with E-state index in [1.165, 1.54) is 6.26 Å². The Labute approximate surface area is 108 Å². The second kappa shape index (κ2) is 6.00. The number of sulfone groups is 1. The highest BCUT2D eigenvalue weighted by atomic mass is 32.2. The van der Waals surface area contributed by atoms with E-state index in [1.807, 2.05) is 32.0 Å². The van der Waals surface area contributed by atoms with Crippen molar-refractivity contribution in [2.75, 3.05) is 17.3 Å². The molecule has 0 aromatic heterocycles. The molecule has 1 rings (SSSR count). The summed E-state index contributed by atoms with van der Waals surface area (Å²) in [4.78, 5) is 11.7. The van der Waals surface area contributed by atoms with Crippen LogP contribution in [0.5, 0.6) is 0 Å². The van der Waals surface area contributed by atoms with Crippen molar-refractivity contribution in [3.63, 3.8) is 0 Å². The highest BCUT2D eigenvalue weighted by Crippen LogP contribution is 2.19. The van der Waals surface area contributed by atoms with Gasteiger partial charge in [-0.2, -0.15) is 0 Å². The van der Waals surface area contributed by atoms with Gasteiger partial charge in [-0.25, -0.2) is 8.42 Å². The molecule has 0 fully saturated rings. The van der Waals surface area contributed by atoms with Gasteiger partial charge in [0.1, 0.15) is 9.84 Å². The molecule has 0 unspecified atom stereocenters. The highest BCUT2D eigenvalue weighted by Gasteiger charge is 2.09. The minimum atomic E-state index is -2.99. The summed E-state index contributed by atoms with van der Waals surface area (Å²) >= 11 is 0. The molecule has 0 radical (unpaired) electrons. The number of benzene rings is 1. The van der Waals surface area contributed by atoms with Crippen molar-refractivity contribution in [2.24, 2.45) is 0 Å². The molecule has 0 atom stereocenters. The molecule has 18 heavy (non-hydrogen) atoms. The van der Waals surface area contributed by atoms with Crippen LogP contribution in [-0.4, -0.2) is 26.3 Å². The Morgan fingerprint density at radius 1 is 1.22 bits per heavy atom. The predicted octanol–water partition coefficient (Wildman–Crippen LogP) is 2.07. The molecule has 4 nitrogen and oxygen atoms in total. The number of hydrogen-bond acceptors (Lipinski definition) is 3. The Hall–Kier alpha value is -1.36. The van der Waals surface area contributed by atoms with Crippen molar-refractivity contribution in [1.29, 1.82) is 0 Å². The third kappa shape index (κ3) is 4.87. The maximum atomic E-state index is 11.7. The second-order valence-corrected chi connectivity index (χ2v) is 6.81. The van der Waals surface area contributed by atoms with E-state index in [1.54, 1.807) is 0 Å². The van der Waals surface area contributed by atoms with Gasteiger partial charge in [0.25, 0.3) is 0 Å². The first-order valence-electron chi connectivity index (χ1n) is 5.83. The van der Waals surface area contributed by atoms with E-state index in [4.69, 9.17) is 0 Å². The summed E-state index contributed by atoms with van der Waals surface area (Å²) < 4.78 is 21.9. The molecule has 1 aromatic carbocycles. The number of carbonyl (C=O) groups is 1. The number of aryl methyl sites for hydroxylation is 2. The Bertz CT molecular complexity index is 515. The summed E-state index contributed by atoms with van der Waals surface area (Å²) in [5.74, 6) is -0.0938. The van der Waals surface area contributed by atoms with Crippen molar-refractivity contribution >= 4 is 21.4 Å². The van der Waals surface area contributed by atoms with E-state index < -0.39 is 9.84 Å². The molecule has 0 saturated carbocycles. The first kappa shape index (κ1) is 14.7. The van der Waals surface area contributed by atoms with Crippen LogP contribution >= 0.6 is 0 Å². The largest absolute Gasteiger partial charge is 0.326 e. The van der Waals surface area contributed by atoms with E-state index in [9.17, 15) is 13.2 Å². The van der Waals surface area contributed by atoms with Crippen molar-refractivity contribution in [3.05, 3.63) is 29.3 Å². The van der Waals surface area contributed by atoms with Gasteiger partial charge < -0.3 is 5.32 Å². The molecule has 0 bridgehead atoms. The van der Waals surface area contributed by atoms with Crippen LogP contribution in [0.3, 0.4) is 0 Å². The zero-order chi connectivity index (χ0) is 13.8. The normalized spacial score (nSPS) is 11.3.